The zero-order chi connectivity index (χ0) is 12.8. The number of aromatic nitrogens is 2. The Kier molecular flexibility index (Phi) is 5.79. The summed E-state index contributed by atoms with van der Waals surface area (Å²) in [7, 11) is -0.796. The first-order chi connectivity index (χ1) is 8.04. The molecule has 0 spiro atoms. The van der Waals surface area contributed by atoms with Crippen molar-refractivity contribution >= 4 is 38.5 Å². The lowest BCUT2D eigenvalue weighted by molar-refractivity contribution is 0.672. The summed E-state index contributed by atoms with van der Waals surface area (Å²) < 4.78 is 11.9. The molecule has 1 aromatic rings. The van der Waals surface area contributed by atoms with Gasteiger partial charge in [0.05, 0.1) is 4.47 Å². The van der Waals surface area contributed by atoms with Crippen molar-refractivity contribution in [1.29, 1.82) is 0 Å². The molecule has 2 unspecified atom stereocenters. The maximum Gasteiger partial charge on any atom is 0.239 e. The number of rotatable bonds is 6. The van der Waals surface area contributed by atoms with Crippen molar-refractivity contribution in [2.45, 2.75) is 18.6 Å². The third kappa shape index (κ3) is 4.57. The monoisotopic (exact) mass is 321 g/mol. The van der Waals surface area contributed by atoms with Gasteiger partial charge in [0.1, 0.15) is 5.82 Å². The molecule has 0 radical (unpaired) electrons. The summed E-state index contributed by atoms with van der Waals surface area (Å²) in [4.78, 5) is 8.10. The number of nitrogen functional groups attached to an aromatic ring is 1. The third-order valence-electron chi connectivity index (χ3n) is 2.28. The molecule has 0 amide bonds. The van der Waals surface area contributed by atoms with Gasteiger partial charge in [-0.05, 0) is 22.4 Å². The molecular formula is C9H16BrN5OS. The van der Waals surface area contributed by atoms with E-state index >= 15 is 0 Å². The van der Waals surface area contributed by atoms with Crippen LogP contribution in [0.3, 0.4) is 0 Å². The molecule has 0 aromatic carbocycles. The average molecular weight is 322 g/mol. The van der Waals surface area contributed by atoms with Gasteiger partial charge in [-0.15, -0.1) is 0 Å². The maximum absolute atomic E-state index is 11.2. The van der Waals surface area contributed by atoms with E-state index in [0.29, 0.717) is 18.3 Å². The quantitative estimate of drug-likeness (QED) is 0.536. The molecule has 0 aliphatic heterocycles. The van der Waals surface area contributed by atoms with Gasteiger partial charge in [0.25, 0.3) is 0 Å². The molecule has 0 fully saturated rings. The highest BCUT2D eigenvalue weighted by molar-refractivity contribution is 9.10. The molecule has 6 nitrogen and oxygen atoms in total. The largest absolute Gasteiger partial charge is 0.369 e. The van der Waals surface area contributed by atoms with Crippen molar-refractivity contribution in [2.24, 2.45) is 5.84 Å². The first-order valence-corrected chi connectivity index (χ1v) is 7.51. The van der Waals surface area contributed by atoms with E-state index in [0.717, 1.165) is 10.9 Å². The van der Waals surface area contributed by atoms with E-state index in [4.69, 9.17) is 5.84 Å². The van der Waals surface area contributed by atoms with Crippen LogP contribution < -0.4 is 16.6 Å². The molecule has 17 heavy (non-hydrogen) atoms. The van der Waals surface area contributed by atoms with Crippen molar-refractivity contribution in [3.8, 4) is 0 Å². The Morgan fingerprint density at radius 2 is 2.35 bits per heavy atom. The Balaban J connectivity index is 2.54. The van der Waals surface area contributed by atoms with Crippen molar-refractivity contribution < 1.29 is 4.21 Å². The van der Waals surface area contributed by atoms with Gasteiger partial charge < -0.3 is 5.32 Å². The zero-order valence-electron chi connectivity index (χ0n) is 9.74. The minimum atomic E-state index is -0.796. The lowest BCUT2D eigenvalue weighted by atomic mass is 10.3. The van der Waals surface area contributed by atoms with Gasteiger partial charge in [0.15, 0.2) is 0 Å². The van der Waals surface area contributed by atoms with E-state index in [-0.39, 0.29) is 5.25 Å². The van der Waals surface area contributed by atoms with Crippen LogP contribution in [0, 0.1) is 0 Å². The van der Waals surface area contributed by atoms with Gasteiger partial charge in [-0.3, -0.25) is 9.63 Å². The molecule has 4 N–H and O–H groups in total. The summed E-state index contributed by atoms with van der Waals surface area (Å²) in [5.74, 6) is 6.25. The molecular weight excluding hydrogens is 306 g/mol. The number of nitrogens with zero attached hydrogens (tertiary/aromatic N) is 2. The highest BCUT2D eigenvalue weighted by Crippen LogP contribution is 2.19. The number of nitrogens with one attached hydrogen (secondary N) is 2. The second-order valence-electron chi connectivity index (χ2n) is 3.56. The summed E-state index contributed by atoms with van der Waals surface area (Å²) in [5, 5.41) is 3.31. The van der Waals surface area contributed by atoms with Crippen LogP contribution in [0.15, 0.2) is 10.7 Å². The zero-order valence-corrected chi connectivity index (χ0v) is 12.1. The fourth-order valence-electron chi connectivity index (χ4n) is 1.12. The first kappa shape index (κ1) is 14.3. The topological polar surface area (TPSA) is 92.9 Å². The summed E-state index contributed by atoms with van der Waals surface area (Å²) in [5.41, 5.74) is 2.38. The van der Waals surface area contributed by atoms with Gasteiger partial charge in [0.2, 0.25) is 5.95 Å². The molecule has 0 bridgehead atoms. The predicted molar refractivity (Wildman–Crippen MR) is 74.2 cm³/mol. The van der Waals surface area contributed by atoms with Crippen LogP contribution in [0.25, 0.3) is 0 Å². The Morgan fingerprint density at radius 1 is 1.65 bits per heavy atom. The van der Waals surface area contributed by atoms with E-state index in [1.54, 1.807) is 12.5 Å². The molecule has 96 valence electrons. The SMILES string of the molecule is CC(CCNc1nc(NN)ncc1Br)S(C)=O. The number of hydrogen-bond donors (Lipinski definition) is 3. The second-order valence-corrected chi connectivity index (χ2v) is 6.22. The molecule has 1 rings (SSSR count). The number of anilines is 2. The average Bonchev–Trinajstić information content (AvgIpc) is 2.31. The number of halogens is 1. The molecule has 0 aliphatic rings. The molecule has 0 saturated carbocycles. The minimum absolute atomic E-state index is 0.162. The first-order valence-electron chi connectivity index (χ1n) is 5.10. The van der Waals surface area contributed by atoms with Gasteiger partial charge in [0, 0.05) is 35.0 Å². The molecule has 2 atom stereocenters. The summed E-state index contributed by atoms with van der Waals surface area (Å²) in [6, 6.07) is 0. The Morgan fingerprint density at radius 3 is 2.94 bits per heavy atom. The fourth-order valence-corrected chi connectivity index (χ4v) is 1.90. The standard InChI is InChI=1S/C9H16BrN5OS/c1-6(17(2)16)3-4-12-8-7(10)5-13-9(14-8)15-11/h5-6H,3-4,11H2,1-2H3,(H2,12,13,14,15). The van der Waals surface area contributed by atoms with Crippen LogP contribution in [0.2, 0.25) is 0 Å². The Bertz CT molecular complexity index is 403. The van der Waals surface area contributed by atoms with Gasteiger partial charge in [-0.2, -0.15) is 4.98 Å². The highest BCUT2D eigenvalue weighted by Gasteiger charge is 2.07. The lowest BCUT2D eigenvalue weighted by Gasteiger charge is -2.11. The van der Waals surface area contributed by atoms with Crippen LogP contribution in [-0.2, 0) is 10.8 Å². The molecule has 8 heteroatoms. The minimum Gasteiger partial charge on any atom is -0.369 e. The van der Waals surface area contributed by atoms with Crippen molar-refractivity contribution in [3.05, 3.63) is 10.7 Å². The van der Waals surface area contributed by atoms with E-state index in [1.165, 1.54) is 0 Å². The number of nitrogens with two attached hydrogens (primary N) is 1. The van der Waals surface area contributed by atoms with Gasteiger partial charge in [-0.1, -0.05) is 6.92 Å². The Hall–Kier alpha value is -0.730. The number of hydrazine groups is 1. The van der Waals surface area contributed by atoms with Crippen LogP contribution >= 0.6 is 15.9 Å². The van der Waals surface area contributed by atoms with Crippen LogP contribution in [0.1, 0.15) is 13.3 Å². The van der Waals surface area contributed by atoms with Crippen LogP contribution in [0.4, 0.5) is 11.8 Å². The Labute approximate surface area is 111 Å². The summed E-state index contributed by atoms with van der Waals surface area (Å²) >= 11 is 3.34. The van der Waals surface area contributed by atoms with Crippen molar-refractivity contribution in [3.63, 3.8) is 0 Å². The van der Waals surface area contributed by atoms with E-state index in [1.807, 2.05) is 6.92 Å². The van der Waals surface area contributed by atoms with E-state index < -0.39 is 10.8 Å². The molecule has 0 saturated heterocycles. The maximum atomic E-state index is 11.2. The van der Waals surface area contributed by atoms with Gasteiger partial charge in [-0.25, -0.2) is 10.8 Å². The van der Waals surface area contributed by atoms with E-state index in [9.17, 15) is 4.21 Å². The molecule has 1 aromatic heterocycles. The third-order valence-corrected chi connectivity index (χ3v) is 4.23. The van der Waals surface area contributed by atoms with Crippen molar-refractivity contribution in [2.75, 3.05) is 23.5 Å². The lowest BCUT2D eigenvalue weighted by Crippen LogP contribution is -2.16. The number of hydrogen-bond acceptors (Lipinski definition) is 6. The summed E-state index contributed by atoms with van der Waals surface area (Å²) in [6.45, 7) is 2.65. The molecule has 0 aliphatic carbocycles. The van der Waals surface area contributed by atoms with E-state index in [2.05, 4.69) is 36.6 Å². The fraction of sp³-hybridized carbons (Fsp3) is 0.556. The van der Waals surface area contributed by atoms with Gasteiger partial charge >= 0.3 is 0 Å². The van der Waals surface area contributed by atoms with Crippen LogP contribution in [0.5, 0.6) is 0 Å². The van der Waals surface area contributed by atoms with Crippen LogP contribution in [-0.4, -0.2) is 32.2 Å². The summed E-state index contributed by atoms with van der Waals surface area (Å²) in [6.07, 6.45) is 4.14. The molecule has 1 heterocycles. The predicted octanol–water partition coefficient (Wildman–Crippen LogP) is 1.09. The smallest absolute Gasteiger partial charge is 0.239 e. The highest BCUT2D eigenvalue weighted by atomic mass is 79.9. The normalized spacial score (nSPS) is 14.1. The second kappa shape index (κ2) is 6.87. The van der Waals surface area contributed by atoms with Crippen molar-refractivity contribution in [1.82, 2.24) is 9.97 Å².